The van der Waals surface area contributed by atoms with Gasteiger partial charge in [-0.3, -0.25) is 4.68 Å². The first-order valence-electron chi connectivity index (χ1n) is 7.52. The van der Waals surface area contributed by atoms with E-state index in [2.05, 4.69) is 9.82 Å². The maximum absolute atomic E-state index is 12.1. The fourth-order valence-electron chi connectivity index (χ4n) is 1.91. The van der Waals surface area contributed by atoms with E-state index in [9.17, 15) is 13.2 Å². The third kappa shape index (κ3) is 4.90. The molecule has 0 radical (unpaired) electrons. The molecule has 2 rings (SSSR count). The number of nitrogens with one attached hydrogen (secondary N) is 1. The number of sulfonamides is 1. The number of hydrogen-bond donors (Lipinski definition) is 1. The van der Waals surface area contributed by atoms with Gasteiger partial charge in [0.2, 0.25) is 10.0 Å². The number of hydrogen-bond acceptors (Lipinski definition) is 5. The highest BCUT2D eigenvalue weighted by Gasteiger charge is 2.15. The van der Waals surface area contributed by atoms with Crippen LogP contribution in [-0.4, -0.2) is 30.7 Å². The Hall–Kier alpha value is -2.19. The topological polar surface area (TPSA) is 90.3 Å². The fraction of sp³-hybridized carbons (Fsp3) is 0.375. The number of rotatable bonds is 7. The lowest BCUT2D eigenvalue weighted by Gasteiger charge is -2.09. The fourth-order valence-corrected chi connectivity index (χ4v) is 3.12. The summed E-state index contributed by atoms with van der Waals surface area (Å²) < 4.78 is 33.5. The standard InChI is InChI=1S/C16H21N3O4S/c1-12(2)8-18-24(21,22)15-6-4-14(5-7-15)16(20)23-11-13-9-17-19(3)10-13/h4-7,9-10,12,18H,8,11H2,1-3H3. The summed E-state index contributed by atoms with van der Waals surface area (Å²) in [6, 6.07) is 5.66. The Labute approximate surface area is 141 Å². The van der Waals surface area contributed by atoms with E-state index in [4.69, 9.17) is 4.74 Å². The van der Waals surface area contributed by atoms with E-state index >= 15 is 0 Å². The molecule has 0 unspecified atom stereocenters. The summed E-state index contributed by atoms with van der Waals surface area (Å²) in [4.78, 5) is 12.1. The molecular formula is C16H21N3O4S. The molecule has 1 aromatic heterocycles. The molecule has 0 amide bonds. The molecule has 0 saturated carbocycles. The maximum atomic E-state index is 12.1. The van der Waals surface area contributed by atoms with Gasteiger partial charge in [-0.05, 0) is 30.2 Å². The number of carbonyl (C=O) groups excluding carboxylic acids is 1. The zero-order valence-corrected chi connectivity index (χ0v) is 14.7. The van der Waals surface area contributed by atoms with Crippen molar-refractivity contribution in [1.29, 1.82) is 0 Å². The van der Waals surface area contributed by atoms with Crippen molar-refractivity contribution in [3.05, 3.63) is 47.8 Å². The van der Waals surface area contributed by atoms with Gasteiger partial charge in [-0.15, -0.1) is 0 Å². The van der Waals surface area contributed by atoms with Crippen LogP contribution in [-0.2, 0) is 28.4 Å². The SMILES string of the molecule is CC(C)CNS(=O)(=O)c1ccc(C(=O)OCc2cnn(C)c2)cc1. The highest BCUT2D eigenvalue weighted by molar-refractivity contribution is 7.89. The van der Waals surface area contributed by atoms with E-state index in [1.807, 2.05) is 13.8 Å². The van der Waals surface area contributed by atoms with Crippen molar-refractivity contribution in [1.82, 2.24) is 14.5 Å². The Bertz CT molecular complexity index is 795. The van der Waals surface area contributed by atoms with Crippen molar-refractivity contribution < 1.29 is 17.9 Å². The second-order valence-corrected chi connectivity index (χ2v) is 7.64. The molecule has 0 aliphatic carbocycles. The predicted octanol–water partition coefficient (Wildman–Crippen LogP) is 1.71. The lowest BCUT2D eigenvalue weighted by Crippen LogP contribution is -2.27. The minimum atomic E-state index is -3.56. The number of carbonyl (C=O) groups is 1. The number of benzene rings is 1. The molecule has 7 nitrogen and oxygen atoms in total. The maximum Gasteiger partial charge on any atom is 0.338 e. The van der Waals surface area contributed by atoms with E-state index in [0.29, 0.717) is 12.1 Å². The highest BCUT2D eigenvalue weighted by Crippen LogP contribution is 2.12. The minimum absolute atomic E-state index is 0.114. The van der Waals surface area contributed by atoms with Crippen LogP contribution in [0.5, 0.6) is 0 Å². The van der Waals surface area contributed by atoms with E-state index in [-0.39, 0.29) is 17.4 Å². The van der Waals surface area contributed by atoms with Crippen LogP contribution in [0.15, 0.2) is 41.6 Å². The molecule has 0 atom stereocenters. The van der Waals surface area contributed by atoms with Crippen LogP contribution in [0, 0.1) is 5.92 Å². The average Bonchev–Trinajstić information content (AvgIpc) is 2.96. The van der Waals surface area contributed by atoms with Gasteiger partial charge < -0.3 is 4.74 Å². The van der Waals surface area contributed by atoms with Crippen LogP contribution in [0.4, 0.5) is 0 Å². The van der Waals surface area contributed by atoms with Crippen molar-refractivity contribution in [2.75, 3.05) is 6.54 Å². The van der Waals surface area contributed by atoms with Gasteiger partial charge in [0.05, 0.1) is 16.7 Å². The van der Waals surface area contributed by atoms with Crippen molar-refractivity contribution in [2.45, 2.75) is 25.3 Å². The molecule has 0 spiro atoms. The lowest BCUT2D eigenvalue weighted by molar-refractivity contribution is 0.0472. The van der Waals surface area contributed by atoms with E-state index in [0.717, 1.165) is 5.56 Å². The largest absolute Gasteiger partial charge is 0.457 e. The summed E-state index contributed by atoms with van der Waals surface area (Å²) in [7, 11) is -1.79. The predicted molar refractivity (Wildman–Crippen MR) is 88.8 cm³/mol. The van der Waals surface area contributed by atoms with Crippen LogP contribution in [0.2, 0.25) is 0 Å². The second-order valence-electron chi connectivity index (χ2n) is 5.87. The lowest BCUT2D eigenvalue weighted by atomic mass is 10.2. The van der Waals surface area contributed by atoms with Gasteiger partial charge in [0.1, 0.15) is 6.61 Å². The Kier molecular flexibility index (Phi) is 5.74. The normalized spacial score (nSPS) is 11.7. The quantitative estimate of drug-likeness (QED) is 0.767. The summed E-state index contributed by atoms with van der Waals surface area (Å²) in [6.45, 7) is 4.31. The number of esters is 1. The number of aryl methyl sites for hydroxylation is 1. The van der Waals surface area contributed by atoms with Crippen LogP contribution in [0.25, 0.3) is 0 Å². The molecule has 1 N–H and O–H groups in total. The van der Waals surface area contributed by atoms with Crippen LogP contribution in [0.3, 0.4) is 0 Å². The third-order valence-corrected chi connectivity index (χ3v) is 4.65. The summed E-state index contributed by atoms with van der Waals surface area (Å²) in [5.74, 6) is -0.306. The molecule has 0 aliphatic rings. The molecule has 8 heteroatoms. The Morgan fingerprint density at radius 2 is 1.96 bits per heavy atom. The van der Waals surface area contributed by atoms with Crippen molar-refractivity contribution in [3.63, 3.8) is 0 Å². The third-order valence-electron chi connectivity index (χ3n) is 3.21. The van der Waals surface area contributed by atoms with Gasteiger partial charge in [-0.25, -0.2) is 17.9 Å². The molecule has 0 aliphatic heterocycles. The van der Waals surface area contributed by atoms with Gasteiger partial charge in [-0.2, -0.15) is 5.10 Å². The Morgan fingerprint density at radius 1 is 1.29 bits per heavy atom. The summed E-state index contributed by atoms with van der Waals surface area (Å²) in [5.41, 5.74) is 1.07. The first-order chi connectivity index (χ1) is 11.3. The molecule has 1 heterocycles. The van der Waals surface area contributed by atoms with Crippen molar-refractivity contribution in [2.24, 2.45) is 13.0 Å². The molecule has 0 fully saturated rings. The summed E-state index contributed by atoms with van der Waals surface area (Å²) in [5, 5.41) is 3.99. The smallest absolute Gasteiger partial charge is 0.338 e. The summed E-state index contributed by atoms with van der Waals surface area (Å²) in [6.07, 6.45) is 3.37. The molecule has 1 aromatic carbocycles. The second kappa shape index (κ2) is 7.59. The zero-order chi connectivity index (χ0) is 17.7. The molecule has 24 heavy (non-hydrogen) atoms. The van der Waals surface area contributed by atoms with E-state index in [1.54, 1.807) is 24.1 Å². The van der Waals surface area contributed by atoms with Gasteiger partial charge in [0.25, 0.3) is 0 Å². The summed E-state index contributed by atoms with van der Waals surface area (Å²) >= 11 is 0. The number of ether oxygens (including phenoxy) is 1. The first kappa shape index (κ1) is 18.2. The van der Waals surface area contributed by atoms with Crippen molar-refractivity contribution >= 4 is 16.0 Å². The zero-order valence-electron chi connectivity index (χ0n) is 13.9. The van der Waals surface area contributed by atoms with E-state index < -0.39 is 16.0 Å². The molecule has 0 bridgehead atoms. The van der Waals surface area contributed by atoms with Crippen LogP contribution >= 0.6 is 0 Å². The van der Waals surface area contributed by atoms with Gasteiger partial charge in [0.15, 0.2) is 0 Å². The Balaban J connectivity index is 1.99. The highest BCUT2D eigenvalue weighted by atomic mass is 32.2. The van der Waals surface area contributed by atoms with Crippen molar-refractivity contribution in [3.8, 4) is 0 Å². The van der Waals surface area contributed by atoms with Gasteiger partial charge in [-0.1, -0.05) is 13.8 Å². The number of nitrogens with zero attached hydrogens (tertiary/aromatic N) is 2. The molecule has 2 aromatic rings. The monoisotopic (exact) mass is 351 g/mol. The van der Waals surface area contributed by atoms with Crippen LogP contribution in [0.1, 0.15) is 29.8 Å². The van der Waals surface area contributed by atoms with E-state index in [1.165, 1.54) is 24.3 Å². The molecule has 0 saturated heterocycles. The number of aromatic nitrogens is 2. The first-order valence-corrected chi connectivity index (χ1v) is 9.00. The van der Waals surface area contributed by atoms with Gasteiger partial charge in [0, 0.05) is 25.4 Å². The van der Waals surface area contributed by atoms with Gasteiger partial charge >= 0.3 is 5.97 Å². The van der Waals surface area contributed by atoms with Crippen LogP contribution < -0.4 is 4.72 Å². The Morgan fingerprint density at radius 3 is 2.50 bits per heavy atom. The average molecular weight is 351 g/mol. The minimum Gasteiger partial charge on any atom is -0.457 e. The molecule has 130 valence electrons. The molecular weight excluding hydrogens is 330 g/mol.